The van der Waals surface area contributed by atoms with Crippen molar-refractivity contribution in [1.82, 2.24) is 20.5 Å². The standard InChI is InChI=1S/C19H24N4O2/c1-15(16-6-3-2-4-7-16)22-19(24)23-11-10-21-12-17(23)14-25-18-8-5-9-20-13-18/h2-9,13,15,17,21H,10-12,14H2,1H3,(H,22,24)/t15?,17-/m0/s1. The lowest BCUT2D eigenvalue weighted by Gasteiger charge is -2.36. The van der Waals surface area contributed by atoms with Crippen molar-refractivity contribution in [2.45, 2.75) is 19.0 Å². The van der Waals surface area contributed by atoms with E-state index in [1.165, 1.54) is 0 Å². The van der Waals surface area contributed by atoms with E-state index in [0.717, 1.165) is 12.1 Å². The van der Waals surface area contributed by atoms with Crippen LogP contribution >= 0.6 is 0 Å². The van der Waals surface area contributed by atoms with E-state index in [-0.39, 0.29) is 18.1 Å². The summed E-state index contributed by atoms with van der Waals surface area (Å²) in [6, 6.07) is 13.6. The molecule has 0 spiro atoms. The lowest BCUT2D eigenvalue weighted by Crippen LogP contribution is -2.58. The predicted molar refractivity (Wildman–Crippen MR) is 96.5 cm³/mol. The zero-order chi connectivity index (χ0) is 17.5. The molecule has 1 aromatic heterocycles. The van der Waals surface area contributed by atoms with Crippen LogP contribution in [0.2, 0.25) is 0 Å². The Morgan fingerprint density at radius 2 is 2.20 bits per heavy atom. The second-order valence-corrected chi connectivity index (χ2v) is 6.13. The third kappa shape index (κ3) is 4.70. The zero-order valence-corrected chi connectivity index (χ0v) is 14.4. The van der Waals surface area contributed by atoms with Gasteiger partial charge >= 0.3 is 6.03 Å². The SMILES string of the molecule is CC(NC(=O)N1CCNC[C@H]1COc1cccnc1)c1ccccc1. The van der Waals surface area contributed by atoms with Gasteiger partial charge < -0.3 is 20.3 Å². The van der Waals surface area contributed by atoms with Crippen LogP contribution in [0.25, 0.3) is 0 Å². The van der Waals surface area contributed by atoms with Crippen LogP contribution in [0.3, 0.4) is 0 Å². The number of carbonyl (C=O) groups is 1. The molecular weight excluding hydrogens is 316 g/mol. The number of hydrogen-bond donors (Lipinski definition) is 2. The van der Waals surface area contributed by atoms with E-state index in [1.54, 1.807) is 12.4 Å². The number of benzene rings is 1. The number of pyridine rings is 1. The molecule has 1 saturated heterocycles. The van der Waals surface area contributed by atoms with E-state index in [2.05, 4.69) is 15.6 Å². The Morgan fingerprint density at radius 3 is 2.96 bits per heavy atom. The molecule has 6 nitrogen and oxygen atoms in total. The van der Waals surface area contributed by atoms with Crippen molar-refractivity contribution in [3.05, 3.63) is 60.4 Å². The molecule has 0 bridgehead atoms. The van der Waals surface area contributed by atoms with E-state index >= 15 is 0 Å². The van der Waals surface area contributed by atoms with Crippen LogP contribution in [-0.2, 0) is 0 Å². The van der Waals surface area contributed by atoms with Gasteiger partial charge in [0.1, 0.15) is 12.4 Å². The van der Waals surface area contributed by atoms with Crippen LogP contribution in [0.5, 0.6) is 5.75 Å². The number of carbonyl (C=O) groups excluding carboxylic acids is 1. The van der Waals surface area contributed by atoms with Gasteiger partial charge in [-0.15, -0.1) is 0 Å². The maximum Gasteiger partial charge on any atom is 0.318 e. The molecule has 2 aromatic rings. The van der Waals surface area contributed by atoms with Gasteiger partial charge in [0.25, 0.3) is 0 Å². The van der Waals surface area contributed by atoms with Gasteiger partial charge in [0.2, 0.25) is 0 Å². The number of ether oxygens (including phenoxy) is 1. The van der Waals surface area contributed by atoms with Crippen LogP contribution in [-0.4, -0.2) is 48.2 Å². The summed E-state index contributed by atoms with van der Waals surface area (Å²) in [4.78, 5) is 18.6. The lowest BCUT2D eigenvalue weighted by atomic mass is 10.1. The van der Waals surface area contributed by atoms with Gasteiger partial charge in [-0.3, -0.25) is 4.98 Å². The molecule has 6 heteroatoms. The van der Waals surface area contributed by atoms with E-state index in [4.69, 9.17) is 4.74 Å². The molecule has 2 N–H and O–H groups in total. The monoisotopic (exact) mass is 340 g/mol. The average Bonchev–Trinajstić information content (AvgIpc) is 2.68. The fraction of sp³-hybridized carbons (Fsp3) is 0.368. The summed E-state index contributed by atoms with van der Waals surface area (Å²) in [5, 5.41) is 6.41. The Balaban J connectivity index is 1.59. The van der Waals surface area contributed by atoms with Gasteiger partial charge in [0, 0.05) is 25.8 Å². The summed E-state index contributed by atoms with van der Waals surface area (Å²) in [5.74, 6) is 0.714. The van der Waals surface area contributed by atoms with Crippen molar-refractivity contribution in [3.8, 4) is 5.75 Å². The Kier molecular flexibility index (Phi) is 5.85. The van der Waals surface area contributed by atoms with Crippen molar-refractivity contribution in [2.75, 3.05) is 26.2 Å². The number of aromatic nitrogens is 1. The van der Waals surface area contributed by atoms with Gasteiger partial charge in [0.05, 0.1) is 18.3 Å². The van der Waals surface area contributed by atoms with E-state index < -0.39 is 0 Å². The molecule has 2 atom stereocenters. The maximum absolute atomic E-state index is 12.7. The number of piperazine rings is 1. The molecule has 1 unspecified atom stereocenters. The van der Waals surface area contributed by atoms with E-state index in [0.29, 0.717) is 25.4 Å². The zero-order valence-electron chi connectivity index (χ0n) is 14.4. The molecule has 0 aliphatic carbocycles. The number of amides is 2. The van der Waals surface area contributed by atoms with Gasteiger partial charge in [-0.25, -0.2) is 4.79 Å². The topological polar surface area (TPSA) is 66.5 Å². The van der Waals surface area contributed by atoms with Crippen LogP contribution in [0.4, 0.5) is 4.79 Å². The first-order valence-electron chi connectivity index (χ1n) is 8.59. The fourth-order valence-corrected chi connectivity index (χ4v) is 2.90. The highest BCUT2D eigenvalue weighted by Gasteiger charge is 2.28. The Labute approximate surface area is 148 Å². The molecule has 0 saturated carbocycles. The minimum atomic E-state index is -0.0577. The van der Waals surface area contributed by atoms with Gasteiger partial charge in [0.15, 0.2) is 0 Å². The predicted octanol–water partition coefficient (Wildman–Crippen LogP) is 2.20. The Bertz CT molecular complexity index is 666. The molecule has 1 aromatic carbocycles. The molecule has 132 valence electrons. The number of rotatable bonds is 5. The molecule has 0 radical (unpaired) electrons. The summed E-state index contributed by atoms with van der Waals surface area (Å²) in [7, 11) is 0. The number of nitrogens with zero attached hydrogens (tertiary/aromatic N) is 2. The summed E-state index contributed by atoms with van der Waals surface area (Å²) in [6.45, 7) is 4.60. The molecule has 1 aliphatic rings. The summed E-state index contributed by atoms with van der Waals surface area (Å²) in [6.07, 6.45) is 3.39. The Morgan fingerprint density at radius 1 is 1.36 bits per heavy atom. The summed E-state index contributed by atoms with van der Waals surface area (Å²) in [5.41, 5.74) is 1.09. The highest BCUT2D eigenvalue weighted by Crippen LogP contribution is 2.14. The first kappa shape index (κ1) is 17.2. The third-order valence-electron chi connectivity index (χ3n) is 4.33. The van der Waals surface area contributed by atoms with E-state index in [1.807, 2.05) is 54.3 Å². The summed E-state index contributed by atoms with van der Waals surface area (Å²) < 4.78 is 5.79. The van der Waals surface area contributed by atoms with Gasteiger partial charge in [-0.1, -0.05) is 30.3 Å². The van der Waals surface area contributed by atoms with Crippen molar-refractivity contribution >= 4 is 6.03 Å². The van der Waals surface area contributed by atoms with Crippen LogP contribution in [0.15, 0.2) is 54.9 Å². The second-order valence-electron chi connectivity index (χ2n) is 6.13. The minimum Gasteiger partial charge on any atom is -0.490 e. The molecule has 1 fully saturated rings. The smallest absolute Gasteiger partial charge is 0.318 e. The first-order chi connectivity index (χ1) is 12.2. The maximum atomic E-state index is 12.7. The summed E-state index contributed by atoms with van der Waals surface area (Å²) >= 11 is 0. The third-order valence-corrected chi connectivity index (χ3v) is 4.33. The fourth-order valence-electron chi connectivity index (χ4n) is 2.90. The largest absolute Gasteiger partial charge is 0.490 e. The second kappa shape index (κ2) is 8.48. The van der Waals surface area contributed by atoms with Crippen LogP contribution in [0.1, 0.15) is 18.5 Å². The molecule has 2 heterocycles. The highest BCUT2D eigenvalue weighted by atomic mass is 16.5. The molecule has 25 heavy (non-hydrogen) atoms. The van der Waals surface area contributed by atoms with Gasteiger partial charge in [-0.05, 0) is 24.6 Å². The van der Waals surface area contributed by atoms with Crippen molar-refractivity contribution in [2.24, 2.45) is 0 Å². The molecule has 2 amide bonds. The number of nitrogens with one attached hydrogen (secondary N) is 2. The number of hydrogen-bond acceptors (Lipinski definition) is 4. The molecular formula is C19H24N4O2. The lowest BCUT2D eigenvalue weighted by molar-refractivity contribution is 0.122. The van der Waals surface area contributed by atoms with E-state index in [9.17, 15) is 4.79 Å². The van der Waals surface area contributed by atoms with Crippen LogP contribution < -0.4 is 15.4 Å². The van der Waals surface area contributed by atoms with Gasteiger partial charge in [-0.2, -0.15) is 0 Å². The minimum absolute atomic E-state index is 0.0167. The molecule has 1 aliphatic heterocycles. The van der Waals surface area contributed by atoms with Crippen molar-refractivity contribution in [3.63, 3.8) is 0 Å². The number of urea groups is 1. The average molecular weight is 340 g/mol. The molecule has 3 rings (SSSR count). The first-order valence-corrected chi connectivity index (χ1v) is 8.59. The Hall–Kier alpha value is -2.60. The van der Waals surface area contributed by atoms with Crippen LogP contribution in [0, 0.1) is 0 Å². The van der Waals surface area contributed by atoms with Crippen molar-refractivity contribution < 1.29 is 9.53 Å². The normalized spacial score (nSPS) is 18.4. The quantitative estimate of drug-likeness (QED) is 0.876. The van der Waals surface area contributed by atoms with Crippen molar-refractivity contribution in [1.29, 1.82) is 0 Å². The highest BCUT2D eigenvalue weighted by molar-refractivity contribution is 5.75.